The van der Waals surface area contributed by atoms with Crippen molar-refractivity contribution in [3.8, 4) is 5.69 Å². The molecule has 2 nitrogen and oxygen atoms in total. The topological polar surface area (TPSA) is 9.34 Å². The zero-order valence-electron chi connectivity index (χ0n) is 21.6. The van der Waals surface area contributed by atoms with Crippen LogP contribution in [-0.2, 0) is 0 Å². The van der Waals surface area contributed by atoms with E-state index in [0.29, 0.717) is 0 Å². The summed E-state index contributed by atoms with van der Waals surface area (Å²) in [6, 6.07) is 49.2. The van der Waals surface area contributed by atoms with Crippen LogP contribution in [-0.4, -0.2) is 8.97 Å². The Bertz CT molecular complexity index is 2640. The first kappa shape index (κ1) is 20.6. The summed E-state index contributed by atoms with van der Waals surface area (Å²) < 4.78 is 5.02. The van der Waals surface area contributed by atoms with Gasteiger partial charge in [0.1, 0.15) is 0 Å². The van der Waals surface area contributed by atoms with E-state index >= 15 is 0 Å². The van der Waals surface area contributed by atoms with E-state index in [-0.39, 0.29) is 0 Å². The second-order valence-electron chi connectivity index (χ2n) is 11.0. The van der Waals surface area contributed by atoms with Crippen molar-refractivity contribution in [1.82, 2.24) is 8.97 Å². The van der Waals surface area contributed by atoms with E-state index in [1.807, 2.05) is 0 Å². The van der Waals surface area contributed by atoms with Gasteiger partial charge in [-0.25, -0.2) is 0 Å². The van der Waals surface area contributed by atoms with Crippen molar-refractivity contribution in [2.75, 3.05) is 0 Å². The minimum Gasteiger partial charge on any atom is -0.309 e. The van der Waals surface area contributed by atoms with Crippen LogP contribution < -0.4 is 0 Å². The lowest BCUT2D eigenvalue weighted by molar-refractivity contribution is 1.19. The summed E-state index contributed by atoms with van der Waals surface area (Å²) in [6.45, 7) is 0. The van der Waals surface area contributed by atoms with Crippen LogP contribution in [0.4, 0.5) is 0 Å². The molecule has 0 aliphatic carbocycles. The Hall–Kier alpha value is -5.34. The fraction of sp³-hybridized carbons (Fsp3) is 0. The van der Waals surface area contributed by atoms with Crippen LogP contribution in [0.3, 0.4) is 0 Å². The first-order valence-electron chi connectivity index (χ1n) is 13.9. The average molecular weight is 507 g/mol. The molecule has 0 bridgehead atoms. The summed E-state index contributed by atoms with van der Waals surface area (Å²) in [5.41, 5.74) is 7.56. The van der Waals surface area contributed by atoms with Crippen molar-refractivity contribution in [3.63, 3.8) is 0 Å². The van der Waals surface area contributed by atoms with Crippen LogP contribution in [0.15, 0.2) is 133 Å². The molecule has 3 aromatic heterocycles. The predicted octanol–water partition coefficient (Wildman–Crippen LogP) is 10.2. The molecular weight excluding hydrogens is 484 g/mol. The molecule has 3 heterocycles. The summed E-state index contributed by atoms with van der Waals surface area (Å²) in [5, 5.41) is 12.9. The van der Waals surface area contributed by atoms with Crippen LogP contribution in [0.1, 0.15) is 0 Å². The van der Waals surface area contributed by atoms with Crippen molar-refractivity contribution in [2.24, 2.45) is 0 Å². The highest BCUT2D eigenvalue weighted by Crippen LogP contribution is 2.45. The van der Waals surface area contributed by atoms with E-state index < -0.39 is 0 Å². The minimum atomic E-state index is 1.19. The molecule has 0 radical (unpaired) electrons. The quantitative estimate of drug-likeness (QED) is 0.209. The van der Waals surface area contributed by atoms with Gasteiger partial charge >= 0.3 is 0 Å². The number of nitrogens with zero attached hydrogens (tertiary/aromatic N) is 2. The molecule has 10 rings (SSSR count). The Morgan fingerprint density at radius 3 is 1.75 bits per heavy atom. The largest absolute Gasteiger partial charge is 0.309 e. The smallest absolute Gasteiger partial charge is 0.0641 e. The van der Waals surface area contributed by atoms with Crippen molar-refractivity contribution in [3.05, 3.63) is 133 Å². The SMILES string of the molecule is c1ccc2cc(-n3c4ccccc4c4ccc5ccc6c7cccc8c9ccccc9n(c87)c6c5c43)ccc2c1. The van der Waals surface area contributed by atoms with Crippen molar-refractivity contribution < 1.29 is 0 Å². The molecule has 0 amide bonds. The number of para-hydroxylation sites is 3. The average Bonchev–Trinajstić information content (AvgIpc) is 3.66. The van der Waals surface area contributed by atoms with Gasteiger partial charge in [-0.3, -0.25) is 0 Å². The van der Waals surface area contributed by atoms with Gasteiger partial charge in [-0.2, -0.15) is 0 Å². The molecule has 0 N–H and O–H groups in total. The molecule has 7 aromatic carbocycles. The molecule has 0 atom stereocenters. The zero-order chi connectivity index (χ0) is 25.9. The lowest BCUT2D eigenvalue weighted by Gasteiger charge is -2.12. The molecule has 0 aliphatic heterocycles. The normalized spacial score (nSPS) is 12.5. The molecule has 40 heavy (non-hydrogen) atoms. The number of aromatic nitrogens is 2. The number of fused-ring (bicyclic) bond motifs is 13. The van der Waals surface area contributed by atoms with Gasteiger partial charge in [0.2, 0.25) is 0 Å². The number of rotatable bonds is 1. The molecule has 0 spiro atoms. The number of hydrogen-bond donors (Lipinski definition) is 0. The van der Waals surface area contributed by atoms with Gasteiger partial charge in [0.05, 0.1) is 27.6 Å². The van der Waals surface area contributed by atoms with Crippen LogP contribution in [0.25, 0.3) is 87.1 Å². The van der Waals surface area contributed by atoms with Crippen LogP contribution in [0.5, 0.6) is 0 Å². The lowest BCUT2D eigenvalue weighted by atomic mass is 10.0. The minimum absolute atomic E-state index is 1.19. The monoisotopic (exact) mass is 506 g/mol. The van der Waals surface area contributed by atoms with Gasteiger partial charge in [-0.05, 0) is 40.4 Å². The molecule has 0 saturated carbocycles. The standard InChI is InChI=1S/C38H22N2/c1-2-9-25-22-26(19-16-23(25)8-1)39-33-14-5-3-11-28(33)31-20-17-24-18-21-32-30-13-7-12-29-27-10-4-6-15-34(27)40(36(29)30)38(32)35(24)37(31)39/h1-22H. The second kappa shape index (κ2) is 7.19. The highest BCUT2D eigenvalue weighted by atomic mass is 15.0. The summed E-state index contributed by atoms with van der Waals surface area (Å²) in [6.07, 6.45) is 0. The molecule has 0 aliphatic rings. The fourth-order valence-electron chi connectivity index (χ4n) is 7.35. The zero-order valence-corrected chi connectivity index (χ0v) is 21.6. The second-order valence-corrected chi connectivity index (χ2v) is 11.0. The Balaban J connectivity index is 1.52. The first-order chi connectivity index (χ1) is 19.9. The summed E-state index contributed by atoms with van der Waals surface area (Å²) in [4.78, 5) is 0. The Kier molecular flexibility index (Phi) is 3.70. The van der Waals surface area contributed by atoms with Gasteiger partial charge in [0, 0.05) is 43.4 Å². The highest BCUT2D eigenvalue weighted by molar-refractivity contribution is 6.32. The Labute approximate surface area is 229 Å². The molecule has 0 unspecified atom stereocenters. The van der Waals surface area contributed by atoms with Gasteiger partial charge < -0.3 is 8.97 Å². The van der Waals surface area contributed by atoms with Gasteiger partial charge in [0.25, 0.3) is 0 Å². The van der Waals surface area contributed by atoms with Gasteiger partial charge in [-0.1, -0.05) is 109 Å². The molecule has 0 fully saturated rings. The van der Waals surface area contributed by atoms with Gasteiger partial charge in [-0.15, -0.1) is 0 Å². The predicted molar refractivity (Wildman–Crippen MR) is 170 cm³/mol. The van der Waals surface area contributed by atoms with Crippen LogP contribution >= 0.6 is 0 Å². The highest BCUT2D eigenvalue weighted by Gasteiger charge is 2.22. The molecule has 0 saturated heterocycles. The maximum absolute atomic E-state index is 2.53. The van der Waals surface area contributed by atoms with Crippen LogP contribution in [0, 0.1) is 0 Å². The maximum atomic E-state index is 2.53. The summed E-state index contributed by atoms with van der Waals surface area (Å²) >= 11 is 0. The summed E-state index contributed by atoms with van der Waals surface area (Å²) in [7, 11) is 0. The first-order valence-corrected chi connectivity index (χ1v) is 13.9. The Morgan fingerprint density at radius 1 is 0.350 bits per heavy atom. The third-order valence-electron chi connectivity index (χ3n) is 8.99. The van der Waals surface area contributed by atoms with E-state index in [0.717, 1.165) is 0 Å². The molecule has 2 heteroatoms. The van der Waals surface area contributed by atoms with Crippen molar-refractivity contribution in [1.29, 1.82) is 0 Å². The van der Waals surface area contributed by atoms with Gasteiger partial charge in [0.15, 0.2) is 0 Å². The number of hydrogen-bond acceptors (Lipinski definition) is 0. The van der Waals surface area contributed by atoms with E-state index in [9.17, 15) is 0 Å². The molecule has 184 valence electrons. The maximum Gasteiger partial charge on any atom is 0.0641 e. The lowest BCUT2D eigenvalue weighted by Crippen LogP contribution is -1.95. The number of benzene rings is 7. The molecule has 10 aromatic rings. The van der Waals surface area contributed by atoms with E-state index in [4.69, 9.17) is 0 Å². The summed E-state index contributed by atoms with van der Waals surface area (Å²) in [5.74, 6) is 0. The molecular formula is C38H22N2. The third kappa shape index (κ3) is 2.41. The Morgan fingerprint density at radius 2 is 0.925 bits per heavy atom. The third-order valence-corrected chi connectivity index (χ3v) is 8.99. The van der Waals surface area contributed by atoms with E-state index in [2.05, 4.69) is 142 Å². The fourth-order valence-corrected chi connectivity index (χ4v) is 7.35. The van der Waals surface area contributed by atoms with E-state index in [1.54, 1.807) is 0 Å². The van der Waals surface area contributed by atoms with Crippen molar-refractivity contribution >= 4 is 81.4 Å². The van der Waals surface area contributed by atoms with E-state index in [1.165, 1.54) is 87.1 Å². The van der Waals surface area contributed by atoms with Crippen LogP contribution in [0.2, 0.25) is 0 Å². The van der Waals surface area contributed by atoms with Crippen molar-refractivity contribution in [2.45, 2.75) is 0 Å².